The van der Waals surface area contributed by atoms with Gasteiger partial charge in [-0.3, -0.25) is 0 Å². The molecular weight excluding hydrogens is 514 g/mol. The fourth-order valence-corrected chi connectivity index (χ4v) is 11.0. The highest BCUT2D eigenvalue weighted by atomic mass is 31.1. The number of hydrogen-bond acceptors (Lipinski definition) is 2. The molecule has 0 radical (unpaired) electrons. The number of ether oxygens (including phenoxy) is 2. The number of benzene rings is 4. The maximum absolute atomic E-state index is 7.13. The molecule has 6 rings (SSSR count). The molecular formula is C35H38O2P2. The van der Waals surface area contributed by atoms with E-state index >= 15 is 0 Å². The van der Waals surface area contributed by atoms with Gasteiger partial charge >= 0.3 is 0 Å². The molecule has 2 aliphatic rings. The second-order valence-electron chi connectivity index (χ2n) is 10.7. The highest BCUT2D eigenvalue weighted by Gasteiger charge is 2.48. The smallest absolute Gasteiger partial charge is 0.169 e. The van der Waals surface area contributed by atoms with E-state index in [0.29, 0.717) is 0 Å². The highest BCUT2D eigenvalue weighted by Crippen LogP contribution is 2.47. The molecule has 0 unspecified atom stereocenters. The van der Waals surface area contributed by atoms with Crippen molar-refractivity contribution in [3.8, 4) is 0 Å². The van der Waals surface area contributed by atoms with Gasteiger partial charge in [-0.25, -0.2) is 0 Å². The van der Waals surface area contributed by atoms with Gasteiger partial charge < -0.3 is 9.47 Å². The molecule has 4 heteroatoms. The fourth-order valence-electron chi connectivity index (χ4n) is 6.06. The van der Waals surface area contributed by atoms with Gasteiger partial charge in [-0.15, -0.1) is 0 Å². The SMILES string of the molecule is c1ccc(P(C[C@H]2OC3(CCCCCC3)O[C@@H]2CP(c2ccccc2)c2ccccc2)c2ccccc2)cc1. The molecule has 2 nitrogen and oxygen atoms in total. The van der Waals surface area contributed by atoms with Gasteiger partial charge in [0.25, 0.3) is 0 Å². The van der Waals surface area contributed by atoms with Gasteiger partial charge in [0.2, 0.25) is 0 Å². The van der Waals surface area contributed by atoms with Crippen LogP contribution in [0.4, 0.5) is 0 Å². The van der Waals surface area contributed by atoms with Crippen LogP contribution in [-0.4, -0.2) is 30.3 Å². The van der Waals surface area contributed by atoms with Crippen LogP contribution in [0.25, 0.3) is 0 Å². The molecule has 0 aromatic heterocycles. The first-order valence-corrected chi connectivity index (χ1v) is 17.5. The summed E-state index contributed by atoms with van der Waals surface area (Å²) in [6, 6.07) is 44.2. The molecule has 1 heterocycles. The summed E-state index contributed by atoms with van der Waals surface area (Å²) in [4.78, 5) is 0. The first-order chi connectivity index (χ1) is 19.3. The van der Waals surface area contributed by atoms with Crippen LogP contribution in [0, 0.1) is 0 Å². The molecule has 2 atom stereocenters. The van der Waals surface area contributed by atoms with E-state index in [1.807, 2.05) is 0 Å². The Morgan fingerprint density at radius 2 is 0.769 bits per heavy atom. The topological polar surface area (TPSA) is 18.5 Å². The van der Waals surface area contributed by atoms with Gasteiger partial charge in [0, 0.05) is 25.2 Å². The van der Waals surface area contributed by atoms with Crippen LogP contribution < -0.4 is 21.2 Å². The second-order valence-corrected chi connectivity index (χ2v) is 15.2. The van der Waals surface area contributed by atoms with Crippen LogP contribution in [0.2, 0.25) is 0 Å². The Morgan fingerprint density at radius 3 is 1.08 bits per heavy atom. The van der Waals surface area contributed by atoms with Gasteiger partial charge in [0.05, 0.1) is 12.2 Å². The minimum atomic E-state index is -0.564. The van der Waals surface area contributed by atoms with Crippen molar-refractivity contribution in [1.29, 1.82) is 0 Å². The average Bonchev–Trinajstić information content (AvgIpc) is 3.17. The summed E-state index contributed by atoms with van der Waals surface area (Å²) in [5.74, 6) is -0.422. The summed E-state index contributed by atoms with van der Waals surface area (Å²) in [6.45, 7) is 0. The third kappa shape index (κ3) is 6.53. The minimum Gasteiger partial charge on any atom is -0.344 e. The first-order valence-electron chi connectivity index (χ1n) is 14.4. The molecule has 39 heavy (non-hydrogen) atoms. The van der Waals surface area contributed by atoms with E-state index < -0.39 is 21.6 Å². The maximum Gasteiger partial charge on any atom is 0.169 e. The summed E-state index contributed by atoms with van der Waals surface area (Å²) in [6.07, 6.45) is 9.11. The normalized spacial score (nSPS) is 20.9. The van der Waals surface area contributed by atoms with Gasteiger partial charge in [0.15, 0.2) is 5.79 Å². The predicted octanol–water partition coefficient (Wildman–Crippen LogP) is 7.09. The molecule has 1 saturated carbocycles. The van der Waals surface area contributed by atoms with Crippen LogP contribution in [0.15, 0.2) is 121 Å². The Hall–Kier alpha value is -2.34. The van der Waals surface area contributed by atoms with E-state index in [-0.39, 0.29) is 12.2 Å². The first kappa shape index (κ1) is 26.9. The van der Waals surface area contributed by atoms with Crippen LogP contribution >= 0.6 is 15.8 Å². The lowest BCUT2D eigenvalue weighted by molar-refractivity contribution is -0.180. The summed E-state index contributed by atoms with van der Waals surface area (Å²) in [5, 5.41) is 5.65. The van der Waals surface area contributed by atoms with Crippen molar-refractivity contribution >= 4 is 37.1 Å². The molecule has 1 saturated heterocycles. The second kappa shape index (κ2) is 12.9. The zero-order chi connectivity index (χ0) is 26.3. The van der Waals surface area contributed by atoms with Crippen molar-refractivity contribution in [3.05, 3.63) is 121 Å². The standard InChI is InChI=1S/C35H38O2P2/c1-2-16-26-35(25-15-1)36-33(27-38(29-17-7-3-8-18-29)30-19-9-4-10-20-30)34(37-35)28-39(31-21-11-5-12-22-31)32-23-13-6-14-24-32/h3-14,17-24,33-34H,1-2,15-16,25-28H2/t33-,34-/m1/s1. The Morgan fingerprint density at radius 1 is 0.462 bits per heavy atom. The maximum atomic E-state index is 7.13. The lowest BCUT2D eigenvalue weighted by Gasteiger charge is -2.27. The largest absolute Gasteiger partial charge is 0.344 e. The Balaban J connectivity index is 1.35. The molecule has 1 aliphatic heterocycles. The van der Waals surface area contributed by atoms with Crippen molar-refractivity contribution in [1.82, 2.24) is 0 Å². The Kier molecular flexibility index (Phi) is 8.87. The van der Waals surface area contributed by atoms with Gasteiger partial charge in [0.1, 0.15) is 0 Å². The monoisotopic (exact) mass is 552 g/mol. The molecule has 4 aromatic rings. The van der Waals surface area contributed by atoms with Gasteiger partial charge in [-0.1, -0.05) is 134 Å². The molecule has 1 spiro atoms. The van der Waals surface area contributed by atoms with Crippen LogP contribution in [0.3, 0.4) is 0 Å². The van der Waals surface area contributed by atoms with Gasteiger partial charge in [-0.2, -0.15) is 0 Å². The summed E-state index contributed by atoms with van der Waals surface area (Å²) in [5.41, 5.74) is 0. The van der Waals surface area contributed by atoms with E-state index in [0.717, 1.165) is 25.2 Å². The van der Waals surface area contributed by atoms with Crippen molar-refractivity contribution < 1.29 is 9.47 Å². The van der Waals surface area contributed by atoms with Crippen molar-refractivity contribution in [2.45, 2.75) is 56.5 Å². The van der Waals surface area contributed by atoms with E-state index in [9.17, 15) is 0 Å². The molecule has 0 bridgehead atoms. The Bertz CT molecular complexity index is 1100. The van der Waals surface area contributed by atoms with E-state index in [4.69, 9.17) is 9.47 Å². The van der Waals surface area contributed by atoms with Crippen LogP contribution in [0.5, 0.6) is 0 Å². The molecule has 4 aromatic carbocycles. The lowest BCUT2D eigenvalue weighted by Crippen LogP contribution is -2.33. The highest BCUT2D eigenvalue weighted by molar-refractivity contribution is 7.73. The number of rotatable bonds is 8. The average molecular weight is 553 g/mol. The van der Waals surface area contributed by atoms with E-state index in [2.05, 4.69) is 121 Å². The van der Waals surface area contributed by atoms with E-state index in [1.165, 1.54) is 46.9 Å². The molecule has 0 amide bonds. The lowest BCUT2D eigenvalue weighted by atomic mass is 10.1. The summed E-state index contributed by atoms with van der Waals surface area (Å²) < 4.78 is 14.3. The molecule has 2 fully saturated rings. The van der Waals surface area contributed by atoms with E-state index in [1.54, 1.807) is 0 Å². The summed E-state index contributed by atoms with van der Waals surface area (Å²) in [7, 11) is -1.13. The zero-order valence-electron chi connectivity index (χ0n) is 22.6. The molecule has 1 aliphatic carbocycles. The predicted molar refractivity (Wildman–Crippen MR) is 168 cm³/mol. The Labute approximate surface area is 236 Å². The summed E-state index contributed by atoms with van der Waals surface area (Å²) >= 11 is 0. The number of hydrogen-bond donors (Lipinski definition) is 0. The molecule has 200 valence electrons. The van der Waals surface area contributed by atoms with Crippen molar-refractivity contribution in [2.75, 3.05) is 12.3 Å². The minimum absolute atomic E-state index is 0.0760. The fraction of sp³-hybridized carbons (Fsp3) is 0.314. The van der Waals surface area contributed by atoms with Crippen molar-refractivity contribution in [2.24, 2.45) is 0 Å². The molecule has 0 N–H and O–H groups in total. The van der Waals surface area contributed by atoms with Gasteiger partial charge in [-0.05, 0) is 49.9 Å². The van der Waals surface area contributed by atoms with Crippen molar-refractivity contribution in [3.63, 3.8) is 0 Å². The van der Waals surface area contributed by atoms with Crippen LogP contribution in [-0.2, 0) is 9.47 Å². The zero-order valence-corrected chi connectivity index (χ0v) is 24.4. The van der Waals surface area contributed by atoms with Crippen LogP contribution in [0.1, 0.15) is 38.5 Å². The quantitative estimate of drug-likeness (QED) is 0.217. The third-order valence-electron chi connectivity index (χ3n) is 8.01. The third-order valence-corrected chi connectivity index (χ3v) is 13.1.